The lowest BCUT2D eigenvalue weighted by Gasteiger charge is -2.28. The average molecular weight is 604 g/mol. The summed E-state index contributed by atoms with van der Waals surface area (Å²) in [5.74, 6) is 0. The number of hydrogen-bond acceptors (Lipinski definition) is 2. The first-order valence-corrected chi connectivity index (χ1v) is 16.5. The van der Waals surface area contributed by atoms with Crippen molar-refractivity contribution in [3.8, 4) is 22.3 Å². The predicted octanol–water partition coefficient (Wildman–Crippen LogP) is 13.2. The summed E-state index contributed by atoms with van der Waals surface area (Å²) in [5, 5.41) is 7.62. The van der Waals surface area contributed by atoms with Gasteiger partial charge in [-0.1, -0.05) is 127 Å². The van der Waals surface area contributed by atoms with Gasteiger partial charge in [-0.15, -0.1) is 11.3 Å². The number of rotatable bonds is 5. The van der Waals surface area contributed by atoms with Gasteiger partial charge in [-0.2, -0.15) is 0 Å². The largest absolute Gasteiger partial charge is 0.310 e. The maximum atomic E-state index is 2.43. The highest BCUT2D eigenvalue weighted by molar-refractivity contribution is 7.25. The first-order chi connectivity index (χ1) is 22.8. The Bertz CT molecular complexity index is 2510. The quantitative estimate of drug-likeness (QED) is 0.189. The van der Waals surface area contributed by atoms with Crippen molar-refractivity contribution >= 4 is 70.1 Å². The number of fused-ring (bicyclic) bond motifs is 5. The van der Waals surface area contributed by atoms with Crippen LogP contribution in [0.4, 0.5) is 17.1 Å². The fourth-order valence-electron chi connectivity index (χ4n) is 6.80. The Morgan fingerprint density at radius 3 is 1.70 bits per heavy atom. The fourth-order valence-corrected chi connectivity index (χ4v) is 7.91. The summed E-state index contributed by atoms with van der Waals surface area (Å²) >= 11 is 1.87. The van der Waals surface area contributed by atoms with Crippen LogP contribution in [-0.4, -0.2) is 0 Å². The standard InChI is InChI=1S/C44H29NS/c1-3-11-30(12-4-1)31-19-21-35(22-20-31)45(42-25-24-37(32-13-5-2-6-14-32)38-17-9-10-18-39(38)42)36-23-26-43-41(29-36)40-27-33-15-7-8-16-34(33)28-44(40)46-43/h1-29H. The third-order valence-corrected chi connectivity index (χ3v) is 10.2. The van der Waals surface area contributed by atoms with Crippen molar-refractivity contribution in [3.63, 3.8) is 0 Å². The molecule has 0 unspecified atom stereocenters. The second-order valence-corrected chi connectivity index (χ2v) is 12.9. The monoisotopic (exact) mass is 603 g/mol. The molecule has 0 atom stereocenters. The van der Waals surface area contributed by atoms with E-state index in [1.165, 1.54) is 64.0 Å². The minimum absolute atomic E-state index is 1.13. The molecule has 0 aliphatic heterocycles. The van der Waals surface area contributed by atoms with E-state index in [-0.39, 0.29) is 0 Å². The fraction of sp³-hybridized carbons (Fsp3) is 0. The normalized spacial score (nSPS) is 11.5. The Labute approximate surface area is 272 Å². The smallest absolute Gasteiger partial charge is 0.0540 e. The molecule has 9 aromatic rings. The maximum absolute atomic E-state index is 2.43. The molecular weight excluding hydrogens is 575 g/mol. The number of anilines is 3. The van der Waals surface area contributed by atoms with E-state index in [0.717, 1.165) is 17.1 Å². The van der Waals surface area contributed by atoms with Gasteiger partial charge in [0.05, 0.1) is 5.69 Å². The van der Waals surface area contributed by atoms with Crippen LogP contribution in [0.3, 0.4) is 0 Å². The van der Waals surface area contributed by atoms with E-state index in [9.17, 15) is 0 Å². The van der Waals surface area contributed by atoms with Gasteiger partial charge in [-0.25, -0.2) is 0 Å². The molecule has 9 rings (SSSR count). The minimum atomic E-state index is 1.13. The van der Waals surface area contributed by atoms with Crippen LogP contribution in [-0.2, 0) is 0 Å². The highest BCUT2D eigenvalue weighted by Crippen LogP contribution is 2.45. The first-order valence-electron chi connectivity index (χ1n) is 15.7. The summed E-state index contributed by atoms with van der Waals surface area (Å²) in [4.78, 5) is 2.43. The van der Waals surface area contributed by atoms with Crippen molar-refractivity contribution in [2.75, 3.05) is 4.90 Å². The van der Waals surface area contributed by atoms with E-state index in [0.29, 0.717) is 0 Å². The zero-order chi connectivity index (χ0) is 30.5. The van der Waals surface area contributed by atoms with Crippen LogP contribution >= 0.6 is 11.3 Å². The zero-order valence-corrected chi connectivity index (χ0v) is 25.9. The van der Waals surface area contributed by atoms with E-state index in [2.05, 4.69) is 181 Å². The predicted molar refractivity (Wildman–Crippen MR) is 200 cm³/mol. The molecule has 0 N–H and O–H groups in total. The van der Waals surface area contributed by atoms with Gasteiger partial charge in [0.25, 0.3) is 0 Å². The van der Waals surface area contributed by atoms with Gasteiger partial charge in [0.2, 0.25) is 0 Å². The molecule has 0 amide bonds. The Hall–Kier alpha value is -5.70. The van der Waals surface area contributed by atoms with Gasteiger partial charge in [-0.3, -0.25) is 0 Å². The molecular formula is C44H29NS. The van der Waals surface area contributed by atoms with E-state index < -0.39 is 0 Å². The van der Waals surface area contributed by atoms with E-state index >= 15 is 0 Å². The third-order valence-electron chi connectivity index (χ3n) is 9.04. The highest BCUT2D eigenvalue weighted by Gasteiger charge is 2.19. The molecule has 1 nitrogen and oxygen atoms in total. The van der Waals surface area contributed by atoms with Crippen LogP contribution in [0.25, 0.3) is 64.0 Å². The van der Waals surface area contributed by atoms with Gasteiger partial charge in [0.15, 0.2) is 0 Å². The summed E-state index contributed by atoms with van der Waals surface area (Å²) in [5.41, 5.74) is 8.32. The zero-order valence-electron chi connectivity index (χ0n) is 25.1. The van der Waals surface area contributed by atoms with Crippen molar-refractivity contribution in [2.45, 2.75) is 0 Å². The van der Waals surface area contributed by atoms with Crippen molar-refractivity contribution in [1.29, 1.82) is 0 Å². The average Bonchev–Trinajstić information content (AvgIpc) is 3.48. The third kappa shape index (κ3) is 4.54. The molecule has 0 aliphatic rings. The van der Waals surface area contributed by atoms with Crippen LogP contribution in [0.1, 0.15) is 0 Å². The van der Waals surface area contributed by atoms with Gasteiger partial charge in [0.1, 0.15) is 0 Å². The lowest BCUT2D eigenvalue weighted by molar-refractivity contribution is 1.30. The molecule has 1 aromatic heterocycles. The van der Waals surface area contributed by atoms with Crippen molar-refractivity contribution < 1.29 is 0 Å². The van der Waals surface area contributed by atoms with Gasteiger partial charge in [-0.05, 0) is 86.9 Å². The SMILES string of the molecule is c1ccc(-c2ccc(N(c3ccc4sc5cc6ccccc6cc5c4c3)c3ccc(-c4ccccc4)c4ccccc34)cc2)cc1. The topological polar surface area (TPSA) is 3.24 Å². The first kappa shape index (κ1) is 26.7. The van der Waals surface area contributed by atoms with E-state index in [4.69, 9.17) is 0 Å². The lowest BCUT2D eigenvalue weighted by atomic mass is 9.96. The second kappa shape index (κ2) is 11.0. The molecule has 0 spiro atoms. The molecule has 0 aliphatic carbocycles. The molecule has 0 fully saturated rings. The van der Waals surface area contributed by atoms with Gasteiger partial charge < -0.3 is 4.90 Å². The van der Waals surface area contributed by atoms with Crippen LogP contribution < -0.4 is 4.90 Å². The Morgan fingerprint density at radius 2 is 0.935 bits per heavy atom. The molecule has 0 saturated carbocycles. The summed E-state index contributed by atoms with van der Waals surface area (Å²) in [6, 6.07) is 64.0. The number of benzene rings is 8. The minimum Gasteiger partial charge on any atom is -0.310 e. The molecule has 0 radical (unpaired) electrons. The van der Waals surface area contributed by atoms with Crippen LogP contribution in [0.5, 0.6) is 0 Å². The Morgan fingerprint density at radius 1 is 0.348 bits per heavy atom. The molecule has 0 bridgehead atoms. The van der Waals surface area contributed by atoms with Crippen molar-refractivity contribution in [1.82, 2.24) is 0 Å². The Balaban J connectivity index is 1.27. The van der Waals surface area contributed by atoms with Crippen LogP contribution in [0.2, 0.25) is 0 Å². The van der Waals surface area contributed by atoms with Crippen LogP contribution in [0.15, 0.2) is 176 Å². The molecule has 2 heteroatoms. The van der Waals surface area contributed by atoms with Crippen molar-refractivity contribution in [3.05, 3.63) is 176 Å². The molecule has 46 heavy (non-hydrogen) atoms. The van der Waals surface area contributed by atoms with Crippen LogP contribution in [0, 0.1) is 0 Å². The summed E-state index contributed by atoms with van der Waals surface area (Å²) in [6.07, 6.45) is 0. The summed E-state index contributed by atoms with van der Waals surface area (Å²) < 4.78 is 2.62. The molecule has 1 heterocycles. The van der Waals surface area contributed by atoms with Crippen molar-refractivity contribution in [2.24, 2.45) is 0 Å². The molecule has 8 aromatic carbocycles. The number of hydrogen-bond donors (Lipinski definition) is 0. The summed E-state index contributed by atoms with van der Waals surface area (Å²) in [7, 11) is 0. The second-order valence-electron chi connectivity index (χ2n) is 11.8. The Kier molecular flexibility index (Phi) is 6.40. The number of thiophene rings is 1. The van der Waals surface area contributed by atoms with E-state index in [1.54, 1.807) is 0 Å². The van der Waals surface area contributed by atoms with Gasteiger partial charge in [0, 0.05) is 36.9 Å². The van der Waals surface area contributed by atoms with Gasteiger partial charge >= 0.3 is 0 Å². The number of nitrogens with zero attached hydrogens (tertiary/aromatic N) is 1. The lowest BCUT2D eigenvalue weighted by Crippen LogP contribution is -2.10. The molecule has 216 valence electrons. The highest BCUT2D eigenvalue weighted by atomic mass is 32.1. The maximum Gasteiger partial charge on any atom is 0.0540 e. The molecule has 0 saturated heterocycles. The van der Waals surface area contributed by atoms with E-state index in [1.807, 2.05) is 11.3 Å². The summed E-state index contributed by atoms with van der Waals surface area (Å²) in [6.45, 7) is 0.